The third-order valence-corrected chi connectivity index (χ3v) is 2.68. The molecule has 114 valence electrons. The Hall–Kier alpha value is -1.95. The number of carbonyl (C=O) groups excluding carboxylic acids is 2. The van der Waals surface area contributed by atoms with Crippen LogP contribution in [0.25, 0.3) is 0 Å². The number of rotatable bonds is 6. The Morgan fingerprint density at radius 3 is 2.38 bits per heavy atom. The lowest BCUT2D eigenvalue weighted by molar-refractivity contribution is -0.138. The van der Waals surface area contributed by atoms with Crippen molar-refractivity contribution < 1.29 is 27.8 Å². The molecule has 1 rings (SSSR count). The molecule has 0 N–H and O–H groups in total. The second-order valence-corrected chi connectivity index (χ2v) is 4.19. The third kappa shape index (κ3) is 4.26. The molecule has 0 aliphatic rings. The summed E-state index contributed by atoms with van der Waals surface area (Å²) in [5.41, 5.74) is -0.804. The van der Waals surface area contributed by atoms with E-state index in [2.05, 4.69) is 0 Å². The van der Waals surface area contributed by atoms with Crippen LogP contribution in [0.2, 0.25) is 5.02 Å². The van der Waals surface area contributed by atoms with Crippen LogP contribution in [0.4, 0.5) is 8.78 Å². The van der Waals surface area contributed by atoms with E-state index in [0.29, 0.717) is 12.1 Å². The fourth-order valence-corrected chi connectivity index (χ4v) is 1.65. The molecule has 0 amide bonds. The largest absolute Gasteiger partial charge is 0.500 e. The van der Waals surface area contributed by atoms with Crippen molar-refractivity contribution in [3.63, 3.8) is 0 Å². The molecule has 4 nitrogen and oxygen atoms in total. The monoisotopic (exact) mass is 318 g/mol. The van der Waals surface area contributed by atoms with E-state index in [1.54, 1.807) is 13.8 Å². The summed E-state index contributed by atoms with van der Waals surface area (Å²) in [5, 5.41) is -0.314. The Kier molecular flexibility index (Phi) is 6.30. The van der Waals surface area contributed by atoms with E-state index < -0.39 is 29.0 Å². The predicted molar refractivity (Wildman–Crippen MR) is 72.0 cm³/mol. The van der Waals surface area contributed by atoms with Gasteiger partial charge in [0.15, 0.2) is 11.6 Å². The van der Waals surface area contributed by atoms with Crippen LogP contribution in [-0.4, -0.2) is 25.0 Å². The zero-order chi connectivity index (χ0) is 16.0. The molecule has 0 saturated heterocycles. The SMILES string of the molecule is CCOC=C(C(=O)OCC)C(=O)c1cc(F)c(F)cc1Cl. The number of ketones is 1. The van der Waals surface area contributed by atoms with Gasteiger partial charge in [-0.05, 0) is 26.0 Å². The van der Waals surface area contributed by atoms with E-state index in [9.17, 15) is 18.4 Å². The fraction of sp³-hybridized carbons (Fsp3) is 0.286. The highest BCUT2D eigenvalue weighted by molar-refractivity contribution is 6.36. The van der Waals surface area contributed by atoms with Crippen molar-refractivity contribution in [3.05, 3.63) is 46.2 Å². The second kappa shape index (κ2) is 7.73. The van der Waals surface area contributed by atoms with Crippen molar-refractivity contribution in [1.82, 2.24) is 0 Å². The molecule has 0 spiro atoms. The first-order chi connectivity index (χ1) is 9.92. The van der Waals surface area contributed by atoms with Gasteiger partial charge in [0.2, 0.25) is 5.78 Å². The van der Waals surface area contributed by atoms with Gasteiger partial charge >= 0.3 is 5.97 Å². The van der Waals surface area contributed by atoms with Gasteiger partial charge in [-0.25, -0.2) is 13.6 Å². The zero-order valence-corrected chi connectivity index (χ0v) is 12.2. The lowest BCUT2D eigenvalue weighted by Gasteiger charge is -2.08. The number of carbonyl (C=O) groups is 2. The first-order valence-electron chi connectivity index (χ1n) is 6.10. The van der Waals surface area contributed by atoms with Crippen LogP contribution in [0.3, 0.4) is 0 Å². The second-order valence-electron chi connectivity index (χ2n) is 3.78. The van der Waals surface area contributed by atoms with Crippen molar-refractivity contribution in [2.75, 3.05) is 13.2 Å². The summed E-state index contributed by atoms with van der Waals surface area (Å²) in [4.78, 5) is 24.0. The van der Waals surface area contributed by atoms with E-state index >= 15 is 0 Å². The van der Waals surface area contributed by atoms with Gasteiger partial charge in [0.05, 0.1) is 18.2 Å². The number of halogens is 3. The minimum atomic E-state index is -1.25. The Labute approximate surface area is 125 Å². The van der Waals surface area contributed by atoms with Crippen molar-refractivity contribution in [3.8, 4) is 0 Å². The van der Waals surface area contributed by atoms with Crippen molar-refractivity contribution >= 4 is 23.4 Å². The van der Waals surface area contributed by atoms with Crippen molar-refractivity contribution in [1.29, 1.82) is 0 Å². The molecule has 21 heavy (non-hydrogen) atoms. The molecule has 1 aromatic rings. The third-order valence-electron chi connectivity index (χ3n) is 2.36. The maximum absolute atomic E-state index is 13.2. The lowest BCUT2D eigenvalue weighted by Crippen LogP contribution is -2.17. The van der Waals surface area contributed by atoms with Gasteiger partial charge in [-0.15, -0.1) is 0 Å². The molecule has 0 atom stereocenters. The average Bonchev–Trinajstić information content (AvgIpc) is 2.43. The Morgan fingerprint density at radius 1 is 1.19 bits per heavy atom. The lowest BCUT2D eigenvalue weighted by atomic mass is 10.0. The van der Waals surface area contributed by atoms with Crippen LogP contribution in [0.5, 0.6) is 0 Å². The van der Waals surface area contributed by atoms with Gasteiger partial charge < -0.3 is 9.47 Å². The van der Waals surface area contributed by atoms with Crippen LogP contribution >= 0.6 is 11.6 Å². The minimum absolute atomic E-state index is 0.0427. The Bertz CT molecular complexity index is 585. The van der Waals surface area contributed by atoms with E-state index in [-0.39, 0.29) is 23.8 Å². The molecule has 0 aliphatic carbocycles. The van der Waals surface area contributed by atoms with Crippen LogP contribution < -0.4 is 0 Å². The normalized spacial score (nSPS) is 11.2. The predicted octanol–water partition coefficient (Wildman–Crippen LogP) is 3.28. The van der Waals surface area contributed by atoms with Crippen molar-refractivity contribution in [2.24, 2.45) is 0 Å². The number of ether oxygens (including phenoxy) is 2. The number of esters is 1. The number of hydrogen-bond donors (Lipinski definition) is 0. The molecule has 0 radical (unpaired) electrons. The molecule has 0 saturated carbocycles. The fourth-order valence-electron chi connectivity index (χ4n) is 1.41. The van der Waals surface area contributed by atoms with Gasteiger partial charge in [-0.3, -0.25) is 4.79 Å². The van der Waals surface area contributed by atoms with Crippen LogP contribution in [-0.2, 0) is 14.3 Å². The van der Waals surface area contributed by atoms with Crippen LogP contribution in [0, 0.1) is 11.6 Å². The quantitative estimate of drug-likeness (QED) is 0.154. The van der Waals surface area contributed by atoms with E-state index in [1.807, 2.05) is 0 Å². The summed E-state index contributed by atoms with van der Waals surface area (Å²) in [6.07, 6.45) is 0.915. The Morgan fingerprint density at radius 2 is 1.81 bits per heavy atom. The van der Waals surface area contributed by atoms with E-state index in [0.717, 1.165) is 6.26 Å². The zero-order valence-electron chi connectivity index (χ0n) is 11.4. The van der Waals surface area contributed by atoms with Gasteiger partial charge in [-0.1, -0.05) is 11.6 Å². The Balaban J connectivity index is 3.23. The molecule has 7 heteroatoms. The summed E-state index contributed by atoms with van der Waals surface area (Å²) in [7, 11) is 0. The molecule has 0 aromatic heterocycles. The smallest absolute Gasteiger partial charge is 0.345 e. The standard InChI is InChI=1S/C14H13ClF2O4/c1-3-20-7-9(14(19)21-4-2)13(18)8-5-11(16)12(17)6-10(8)15/h5-7H,3-4H2,1-2H3. The van der Waals surface area contributed by atoms with Crippen molar-refractivity contribution in [2.45, 2.75) is 13.8 Å². The summed E-state index contributed by atoms with van der Waals surface area (Å²) in [6.45, 7) is 3.46. The summed E-state index contributed by atoms with van der Waals surface area (Å²) < 4.78 is 35.9. The average molecular weight is 319 g/mol. The van der Waals surface area contributed by atoms with Gasteiger partial charge in [-0.2, -0.15) is 0 Å². The molecule has 0 aliphatic heterocycles. The summed E-state index contributed by atoms with van der Waals surface area (Å²) in [5.74, 6) is -4.28. The molecule has 0 bridgehead atoms. The molecular weight excluding hydrogens is 306 g/mol. The number of benzene rings is 1. The molecule has 0 heterocycles. The molecule has 1 aromatic carbocycles. The maximum atomic E-state index is 13.2. The van der Waals surface area contributed by atoms with Gasteiger partial charge in [0.25, 0.3) is 0 Å². The van der Waals surface area contributed by atoms with Gasteiger partial charge in [0.1, 0.15) is 11.8 Å². The highest BCUT2D eigenvalue weighted by Gasteiger charge is 2.25. The van der Waals surface area contributed by atoms with Crippen LogP contribution in [0.1, 0.15) is 24.2 Å². The number of Topliss-reactive ketones (excluding diaryl/α,β-unsaturated/α-hetero) is 1. The van der Waals surface area contributed by atoms with E-state index in [1.165, 1.54) is 0 Å². The molecular formula is C14H13ClF2O4. The molecule has 0 unspecified atom stereocenters. The van der Waals surface area contributed by atoms with Gasteiger partial charge in [0, 0.05) is 5.56 Å². The highest BCUT2D eigenvalue weighted by Crippen LogP contribution is 2.23. The van der Waals surface area contributed by atoms with Crippen LogP contribution in [0.15, 0.2) is 24.0 Å². The first kappa shape index (κ1) is 17.1. The van der Waals surface area contributed by atoms with E-state index in [4.69, 9.17) is 21.1 Å². The first-order valence-corrected chi connectivity index (χ1v) is 6.48. The number of hydrogen-bond acceptors (Lipinski definition) is 4. The highest BCUT2D eigenvalue weighted by atomic mass is 35.5. The molecule has 0 fully saturated rings. The topological polar surface area (TPSA) is 52.6 Å². The summed E-state index contributed by atoms with van der Waals surface area (Å²) >= 11 is 5.71. The maximum Gasteiger partial charge on any atom is 0.345 e. The summed E-state index contributed by atoms with van der Waals surface area (Å²) in [6, 6.07) is 1.28. The minimum Gasteiger partial charge on any atom is -0.500 e.